The summed E-state index contributed by atoms with van der Waals surface area (Å²) in [5.41, 5.74) is 0. The number of rotatable bonds is 76. The van der Waals surface area contributed by atoms with Crippen LogP contribution in [0.5, 0.6) is 0 Å². The average Bonchev–Trinajstić information content (AvgIpc) is 1.39. The number of aliphatic hydroxyl groups excluding tert-OH is 1. The Hall–Kier alpha value is -1.94. The van der Waals surface area contributed by atoms with E-state index in [4.69, 9.17) is 37.0 Å². The zero-order valence-corrected chi connectivity index (χ0v) is 66.2. The number of carbonyl (C=O) groups is 4. The van der Waals surface area contributed by atoms with Gasteiger partial charge in [0.1, 0.15) is 19.3 Å². The maximum atomic E-state index is 13.1. The molecule has 3 N–H and O–H groups in total. The lowest BCUT2D eigenvalue weighted by molar-refractivity contribution is -0.161. The highest BCUT2D eigenvalue weighted by atomic mass is 31.2. The number of hydrogen-bond donors (Lipinski definition) is 3. The van der Waals surface area contributed by atoms with Gasteiger partial charge >= 0.3 is 39.5 Å². The lowest BCUT2D eigenvalue weighted by Crippen LogP contribution is -2.30. The molecule has 0 aliphatic heterocycles. The van der Waals surface area contributed by atoms with E-state index in [1.807, 2.05) is 0 Å². The molecule has 0 bridgehead atoms. The Morgan fingerprint density at radius 3 is 0.724 bits per heavy atom. The Morgan fingerprint density at radius 2 is 0.490 bits per heavy atom. The number of esters is 4. The van der Waals surface area contributed by atoms with Crippen molar-refractivity contribution in [3.05, 3.63) is 0 Å². The fourth-order valence-corrected chi connectivity index (χ4v) is 13.6. The number of ether oxygens (including phenoxy) is 4. The third kappa shape index (κ3) is 71.1. The molecule has 0 heterocycles. The largest absolute Gasteiger partial charge is 0.472 e. The van der Waals surface area contributed by atoms with E-state index >= 15 is 0 Å². The fraction of sp³-hybridized carbons (Fsp3) is 0.949. The summed E-state index contributed by atoms with van der Waals surface area (Å²) in [6.07, 6.45) is 54.5. The Kier molecular flexibility index (Phi) is 66.8. The van der Waals surface area contributed by atoms with Crippen LogP contribution in [-0.4, -0.2) is 96.7 Å². The molecule has 0 aromatic carbocycles. The smallest absolute Gasteiger partial charge is 0.462 e. The molecule has 3 unspecified atom stereocenters. The van der Waals surface area contributed by atoms with E-state index in [1.54, 1.807) is 0 Å². The zero-order valence-electron chi connectivity index (χ0n) is 64.4. The van der Waals surface area contributed by atoms with E-state index < -0.39 is 97.5 Å². The maximum Gasteiger partial charge on any atom is 0.472 e. The molecule has 0 aromatic rings. The number of phosphoric ester groups is 2. The van der Waals surface area contributed by atoms with Crippen LogP contribution in [0, 0.1) is 23.7 Å². The van der Waals surface area contributed by atoms with E-state index in [-0.39, 0.29) is 25.7 Å². The SMILES string of the molecule is CCC(C)CCCCCCCCC(=O)O[C@H](COC(=O)CCCCCCCCC(C)C)COP(=O)(O)OC[C@H](O)COP(=O)(O)OC[C@@H](COC(=O)CCCCCCCCCCCCCCCCCCCCC(C)C)OC(=O)CCCCCCCCCCCCCCCCCC(C)C. The van der Waals surface area contributed by atoms with Crippen LogP contribution in [0.25, 0.3) is 0 Å². The minimum atomic E-state index is -4.96. The lowest BCUT2D eigenvalue weighted by atomic mass is 10.00. The van der Waals surface area contributed by atoms with Crippen LogP contribution in [-0.2, 0) is 65.4 Å². The summed E-state index contributed by atoms with van der Waals surface area (Å²) < 4.78 is 68.5. The highest BCUT2D eigenvalue weighted by molar-refractivity contribution is 7.47. The summed E-state index contributed by atoms with van der Waals surface area (Å²) in [7, 11) is -9.91. The molecule has 0 fully saturated rings. The number of carbonyl (C=O) groups excluding carboxylic acids is 4. The Bertz CT molecular complexity index is 1920. The molecule has 0 rings (SSSR count). The first-order valence-electron chi connectivity index (χ1n) is 40.7. The molecule has 0 amide bonds. The first-order valence-corrected chi connectivity index (χ1v) is 43.7. The van der Waals surface area contributed by atoms with Crippen molar-refractivity contribution in [2.45, 2.75) is 420 Å². The third-order valence-corrected chi connectivity index (χ3v) is 20.6. The molecule has 0 spiro atoms. The average molecular weight is 1440 g/mol. The van der Waals surface area contributed by atoms with Crippen molar-refractivity contribution in [3.63, 3.8) is 0 Å². The van der Waals surface area contributed by atoms with Gasteiger partial charge in [-0.25, -0.2) is 9.13 Å². The van der Waals surface area contributed by atoms with Gasteiger partial charge in [-0.3, -0.25) is 37.3 Å². The van der Waals surface area contributed by atoms with Crippen molar-refractivity contribution in [2.75, 3.05) is 39.6 Å². The summed E-state index contributed by atoms with van der Waals surface area (Å²) in [5, 5.41) is 10.6. The fourth-order valence-electron chi connectivity index (χ4n) is 12.0. The van der Waals surface area contributed by atoms with Crippen LogP contribution in [0.3, 0.4) is 0 Å². The van der Waals surface area contributed by atoms with Crippen LogP contribution >= 0.6 is 15.6 Å². The van der Waals surface area contributed by atoms with Crippen LogP contribution < -0.4 is 0 Å². The molecule has 582 valence electrons. The summed E-state index contributed by atoms with van der Waals surface area (Å²) in [5.74, 6) is 0.902. The second kappa shape index (κ2) is 68.2. The van der Waals surface area contributed by atoms with Crippen molar-refractivity contribution in [2.24, 2.45) is 23.7 Å². The summed E-state index contributed by atoms with van der Waals surface area (Å²) in [6.45, 7) is 14.1. The minimum absolute atomic E-state index is 0.102. The summed E-state index contributed by atoms with van der Waals surface area (Å²) >= 11 is 0. The van der Waals surface area contributed by atoms with Crippen LogP contribution in [0.15, 0.2) is 0 Å². The van der Waals surface area contributed by atoms with Crippen molar-refractivity contribution in [1.29, 1.82) is 0 Å². The van der Waals surface area contributed by atoms with Crippen molar-refractivity contribution < 1.29 is 80.2 Å². The topological polar surface area (TPSA) is 237 Å². The van der Waals surface area contributed by atoms with Crippen molar-refractivity contribution in [3.8, 4) is 0 Å². The molecule has 0 radical (unpaired) electrons. The van der Waals surface area contributed by atoms with Gasteiger partial charge in [-0.15, -0.1) is 0 Å². The number of aliphatic hydroxyl groups is 1. The van der Waals surface area contributed by atoms with Gasteiger partial charge in [0.15, 0.2) is 12.2 Å². The van der Waals surface area contributed by atoms with Gasteiger partial charge in [0.2, 0.25) is 0 Å². The monoisotopic (exact) mass is 1440 g/mol. The number of unbranched alkanes of at least 4 members (excludes halogenated alkanes) is 41. The van der Waals surface area contributed by atoms with E-state index in [0.29, 0.717) is 31.6 Å². The van der Waals surface area contributed by atoms with E-state index in [1.165, 1.54) is 199 Å². The molecule has 0 saturated carbocycles. The lowest BCUT2D eigenvalue weighted by Gasteiger charge is -2.21. The van der Waals surface area contributed by atoms with Gasteiger partial charge in [-0.2, -0.15) is 0 Å². The summed E-state index contributed by atoms with van der Waals surface area (Å²) in [4.78, 5) is 72.8. The molecular formula is C79H154O17P2. The highest BCUT2D eigenvalue weighted by Gasteiger charge is 2.30. The molecule has 0 aliphatic rings. The Labute approximate surface area is 600 Å². The van der Waals surface area contributed by atoms with Gasteiger partial charge in [-0.1, -0.05) is 351 Å². The normalized spacial score (nSPS) is 14.3. The quantitative estimate of drug-likeness (QED) is 0.0222. The van der Waals surface area contributed by atoms with Crippen LogP contribution in [0.4, 0.5) is 0 Å². The highest BCUT2D eigenvalue weighted by Crippen LogP contribution is 2.45. The van der Waals surface area contributed by atoms with E-state index in [0.717, 1.165) is 114 Å². The number of phosphoric acid groups is 2. The molecule has 6 atom stereocenters. The predicted octanol–water partition coefficient (Wildman–Crippen LogP) is 23.2. The van der Waals surface area contributed by atoms with Gasteiger partial charge in [0.05, 0.1) is 26.4 Å². The van der Waals surface area contributed by atoms with Gasteiger partial charge in [0.25, 0.3) is 0 Å². The maximum absolute atomic E-state index is 13.1. The molecular weight excluding hydrogens is 1280 g/mol. The van der Waals surface area contributed by atoms with E-state index in [9.17, 15) is 43.2 Å². The van der Waals surface area contributed by atoms with Gasteiger partial charge in [0, 0.05) is 25.7 Å². The molecule has 0 saturated heterocycles. The second-order valence-corrected chi connectivity index (χ2v) is 33.0. The molecule has 17 nitrogen and oxygen atoms in total. The molecule has 98 heavy (non-hydrogen) atoms. The van der Waals surface area contributed by atoms with Crippen LogP contribution in [0.1, 0.15) is 402 Å². The molecule has 0 aliphatic carbocycles. The zero-order chi connectivity index (χ0) is 72.4. The predicted molar refractivity (Wildman–Crippen MR) is 400 cm³/mol. The second-order valence-electron chi connectivity index (χ2n) is 30.1. The number of hydrogen-bond acceptors (Lipinski definition) is 15. The minimum Gasteiger partial charge on any atom is -0.462 e. The standard InChI is InChI=1S/C79H154O17P2/c1-9-72(8)58-50-42-36-38-46-54-62-79(84)96-75(66-90-77(82)60-52-44-37-35-41-49-57-71(6)7)68-94-98(87,88)92-64-73(80)63-91-97(85,86)93-67-74(95-78(83)61-53-45-34-30-26-22-18-14-16-20-24-28-32-40-48-56-70(4)5)65-89-76(81)59-51-43-33-29-25-21-17-13-11-10-12-15-19-23-27-31-39-47-55-69(2)3/h69-75,80H,9-68H2,1-8H3,(H,85,86)(H,87,88)/t72?,73-,74-,75-/m1/s1. The van der Waals surface area contributed by atoms with E-state index in [2.05, 4.69) is 55.4 Å². The van der Waals surface area contributed by atoms with Crippen molar-refractivity contribution >= 4 is 39.5 Å². The van der Waals surface area contributed by atoms with Gasteiger partial charge in [-0.05, 0) is 49.4 Å². The third-order valence-electron chi connectivity index (χ3n) is 18.7. The first-order chi connectivity index (χ1) is 47.1. The Balaban J connectivity index is 5.18. The van der Waals surface area contributed by atoms with Crippen LogP contribution in [0.2, 0.25) is 0 Å². The molecule has 0 aromatic heterocycles. The summed E-state index contributed by atoms with van der Waals surface area (Å²) in [6, 6.07) is 0. The first kappa shape index (κ1) is 96.1. The Morgan fingerprint density at radius 1 is 0.286 bits per heavy atom. The molecule has 19 heteroatoms. The van der Waals surface area contributed by atoms with Gasteiger partial charge < -0.3 is 33.8 Å². The van der Waals surface area contributed by atoms with Crippen molar-refractivity contribution in [1.82, 2.24) is 0 Å².